The molecule has 0 spiro atoms. The predicted molar refractivity (Wildman–Crippen MR) is 92.1 cm³/mol. The number of rotatable bonds is 7. The summed E-state index contributed by atoms with van der Waals surface area (Å²) in [6, 6.07) is 7.36. The first-order valence-electron chi connectivity index (χ1n) is 9.05. The van der Waals surface area contributed by atoms with Gasteiger partial charge < -0.3 is 15.0 Å². The summed E-state index contributed by atoms with van der Waals surface area (Å²) in [5, 5.41) is 2.91. The SMILES string of the molecule is O=C(NCCCN1CCCC1=O)c1ccc(OC2CCCC2)cc1. The van der Waals surface area contributed by atoms with Crippen LogP contribution < -0.4 is 10.1 Å². The van der Waals surface area contributed by atoms with Crippen LogP contribution in [0.4, 0.5) is 0 Å². The lowest BCUT2D eigenvalue weighted by molar-refractivity contribution is -0.127. The molecular formula is C19H26N2O3. The largest absolute Gasteiger partial charge is 0.490 e. The van der Waals surface area contributed by atoms with Gasteiger partial charge in [-0.25, -0.2) is 0 Å². The van der Waals surface area contributed by atoms with Crippen LogP contribution >= 0.6 is 0 Å². The van der Waals surface area contributed by atoms with E-state index in [0.29, 0.717) is 24.6 Å². The van der Waals surface area contributed by atoms with E-state index >= 15 is 0 Å². The van der Waals surface area contributed by atoms with Crippen LogP contribution in [0.1, 0.15) is 55.3 Å². The summed E-state index contributed by atoms with van der Waals surface area (Å²) in [6.45, 7) is 2.17. The molecule has 1 aliphatic carbocycles. The molecule has 1 N–H and O–H groups in total. The topological polar surface area (TPSA) is 58.6 Å². The Morgan fingerprint density at radius 3 is 2.58 bits per heavy atom. The van der Waals surface area contributed by atoms with E-state index in [4.69, 9.17) is 4.74 Å². The number of benzene rings is 1. The van der Waals surface area contributed by atoms with Crippen LogP contribution in [-0.4, -0.2) is 42.5 Å². The summed E-state index contributed by atoms with van der Waals surface area (Å²) in [5.74, 6) is 1.00. The van der Waals surface area contributed by atoms with Gasteiger partial charge in [-0.2, -0.15) is 0 Å². The fraction of sp³-hybridized carbons (Fsp3) is 0.579. The van der Waals surface area contributed by atoms with Gasteiger partial charge in [0.2, 0.25) is 5.91 Å². The highest BCUT2D eigenvalue weighted by atomic mass is 16.5. The number of likely N-dealkylation sites (tertiary alicyclic amines) is 1. The molecule has 130 valence electrons. The summed E-state index contributed by atoms with van der Waals surface area (Å²) in [5.41, 5.74) is 0.644. The number of carbonyl (C=O) groups excluding carboxylic acids is 2. The molecule has 24 heavy (non-hydrogen) atoms. The van der Waals surface area contributed by atoms with Crippen LogP contribution in [-0.2, 0) is 4.79 Å². The molecule has 2 aliphatic rings. The predicted octanol–water partition coefficient (Wildman–Crippen LogP) is 2.75. The zero-order chi connectivity index (χ0) is 16.8. The molecule has 0 unspecified atom stereocenters. The highest BCUT2D eigenvalue weighted by Gasteiger charge is 2.19. The minimum Gasteiger partial charge on any atom is -0.490 e. The van der Waals surface area contributed by atoms with Crippen LogP contribution in [0.5, 0.6) is 5.75 Å². The molecule has 3 rings (SSSR count). The molecule has 1 aromatic rings. The van der Waals surface area contributed by atoms with Crippen molar-refractivity contribution in [1.29, 1.82) is 0 Å². The maximum absolute atomic E-state index is 12.1. The van der Waals surface area contributed by atoms with Crippen molar-refractivity contribution in [2.75, 3.05) is 19.6 Å². The Balaban J connectivity index is 1.39. The van der Waals surface area contributed by atoms with E-state index in [-0.39, 0.29) is 11.8 Å². The zero-order valence-electron chi connectivity index (χ0n) is 14.1. The van der Waals surface area contributed by atoms with Gasteiger partial charge in [0.25, 0.3) is 5.91 Å². The van der Waals surface area contributed by atoms with Crippen molar-refractivity contribution in [3.8, 4) is 5.75 Å². The van der Waals surface area contributed by atoms with Crippen molar-refractivity contribution in [1.82, 2.24) is 10.2 Å². The summed E-state index contributed by atoms with van der Waals surface area (Å²) in [7, 11) is 0. The maximum Gasteiger partial charge on any atom is 0.251 e. The molecule has 1 aliphatic heterocycles. The Hall–Kier alpha value is -2.04. The average molecular weight is 330 g/mol. The quantitative estimate of drug-likeness (QED) is 0.782. The van der Waals surface area contributed by atoms with E-state index in [1.54, 1.807) is 0 Å². The molecule has 5 heteroatoms. The molecule has 1 saturated carbocycles. The fourth-order valence-electron chi connectivity index (χ4n) is 3.40. The molecule has 0 aromatic heterocycles. The second-order valence-electron chi connectivity index (χ2n) is 6.64. The molecule has 1 aromatic carbocycles. The lowest BCUT2D eigenvalue weighted by Gasteiger charge is -2.15. The molecule has 0 atom stereocenters. The second-order valence-corrected chi connectivity index (χ2v) is 6.64. The number of carbonyl (C=O) groups is 2. The fourth-order valence-corrected chi connectivity index (χ4v) is 3.40. The Morgan fingerprint density at radius 2 is 1.92 bits per heavy atom. The van der Waals surface area contributed by atoms with E-state index in [0.717, 1.165) is 44.5 Å². The first-order valence-corrected chi connectivity index (χ1v) is 9.05. The minimum absolute atomic E-state index is 0.0739. The third kappa shape index (κ3) is 4.49. The lowest BCUT2D eigenvalue weighted by Crippen LogP contribution is -2.30. The number of nitrogens with zero attached hydrogens (tertiary/aromatic N) is 1. The molecule has 0 bridgehead atoms. The van der Waals surface area contributed by atoms with Gasteiger partial charge in [-0.1, -0.05) is 0 Å². The molecule has 1 saturated heterocycles. The number of nitrogens with one attached hydrogen (secondary N) is 1. The van der Waals surface area contributed by atoms with Gasteiger partial charge in [0, 0.05) is 31.6 Å². The van der Waals surface area contributed by atoms with Crippen molar-refractivity contribution in [2.45, 2.75) is 51.0 Å². The summed E-state index contributed by atoms with van der Waals surface area (Å²) >= 11 is 0. The lowest BCUT2D eigenvalue weighted by atomic mass is 10.2. The number of ether oxygens (including phenoxy) is 1. The van der Waals surface area contributed by atoms with E-state index in [1.807, 2.05) is 29.2 Å². The summed E-state index contributed by atoms with van der Waals surface area (Å²) in [4.78, 5) is 25.5. The molecule has 2 amide bonds. The highest BCUT2D eigenvalue weighted by molar-refractivity contribution is 5.94. The van der Waals surface area contributed by atoms with Crippen molar-refractivity contribution < 1.29 is 14.3 Å². The van der Waals surface area contributed by atoms with Crippen LogP contribution in [0.25, 0.3) is 0 Å². The Bertz CT molecular complexity index is 564. The third-order valence-corrected chi connectivity index (χ3v) is 4.78. The van der Waals surface area contributed by atoms with Gasteiger partial charge in [0.1, 0.15) is 5.75 Å². The van der Waals surface area contributed by atoms with E-state index in [9.17, 15) is 9.59 Å². The summed E-state index contributed by atoms with van der Waals surface area (Å²) < 4.78 is 5.91. The van der Waals surface area contributed by atoms with Gasteiger partial charge in [0.05, 0.1) is 6.10 Å². The van der Waals surface area contributed by atoms with Crippen LogP contribution in [0.15, 0.2) is 24.3 Å². The van der Waals surface area contributed by atoms with Gasteiger partial charge in [-0.05, 0) is 62.8 Å². The molecule has 1 heterocycles. The van der Waals surface area contributed by atoms with Crippen molar-refractivity contribution in [3.05, 3.63) is 29.8 Å². The zero-order valence-corrected chi connectivity index (χ0v) is 14.1. The van der Waals surface area contributed by atoms with Crippen molar-refractivity contribution in [2.24, 2.45) is 0 Å². The van der Waals surface area contributed by atoms with Crippen LogP contribution in [0.2, 0.25) is 0 Å². The van der Waals surface area contributed by atoms with Gasteiger partial charge >= 0.3 is 0 Å². The number of hydrogen-bond acceptors (Lipinski definition) is 3. The van der Waals surface area contributed by atoms with Gasteiger partial charge in [-0.3, -0.25) is 9.59 Å². The van der Waals surface area contributed by atoms with E-state index < -0.39 is 0 Å². The number of hydrogen-bond donors (Lipinski definition) is 1. The van der Waals surface area contributed by atoms with Gasteiger partial charge in [0.15, 0.2) is 0 Å². The molecule has 2 fully saturated rings. The average Bonchev–Trinajstić information content (AvgIpc) is 3.24. The monoisotopic (exact) mass is 330 g/mol. The highest BCUT2D eigenvalue weighted by Crippen LogP contribution is 2.24. The standard InChI is InChI=1S/C19H26N2O3/c22-18-7-3-13-21(18)14-4-12-20-19(23)15-8-10-17(11-9-15)24-16-5-1-2-6-16/h8-11,16H,1-7,12-14H2,(H,20,23). The molecule has 5 nitrogen and oxygen atoms in total. The van der Waals surface area contributed by atoms with Crippen LogP contribution in [0.3, 0.4) is 0 Å². The molecular weight excluding hydrogens is 304 g/mol. The maximum atomic E-state index is 12.1. The summed E-state index contributed by atoms with van der Waals surface area (Å²) in [6.07, 6.45) is 7.49. The second kappa shape index (κ2) is 8.18. The Morgan fingerprint density at radius 1 is 1.17 bits per heavy atom. The Labute approximate surface area is 143 Å². The minimum atomic E-state index is -0.0739. The van der Waals surface area contributed by atoms with Crippen molar-refractivity contribution >= 4 is 11.8 Å². The first-order chi connectivity index (χ1) is 11.7. The third-order valence-electron chi connectivity index (χ3n) is 4.78. The van der Waals surface area contributed by atoms with Crippen molar-refractivity contribution in [3.63, 3.8) is 0 Å². The van der Waals surface area contributed by atoms with E-state index in [1.165, 1.54) is 12.8 Å². The Kier molecular flexibility index (Phi) is 5.72. The molecule has 0 radical (unpaired) electrons. The van der Waals surface area contributed by atoms with Gasteiger partial charge in [-0.15, -0.1) is 0 Å². The van der Waals surface area contributed by atoms with E-state index in [2.05, 4.69) is 5.32 Å². The normalized spacial score (nSPS) is 18.2. The number of amides is 2. The van der Waals surface area contributed by atoms with Crippen LogP contribution in [0, 0.1) is 0 Å². The first kappa shape index (κ1) is 16.8. The smallest absolute Gasteiger partial charge is 0.251 e.